The molecule has 4 nitrogen and oxygen atoms in total. The van der Waals surface area contributed by atoms with E-state index in [2.05, 4.69) is 10.6 Å². The maximum Gasteiger partial charge on any atom is 0.263 e. The summed E-state index contributed by atoms with van der Waals surface area (Å²) in [6.07, 6.45) is 0. The second kappa shape index (κ2) is 3.63. The first-order valence-corrected chi connectivity index (χ1v) is 6.33. The number of nitrogens with one attached hydrogen (secondary N) is 2. The zero-order chi connectivity index (χ0) is 12.0. The molecule has 1 aromatic heterocycles. The Morgan fingerprint density at radius 2 is 2.29 bits per heavy atom. The number of hydrogen-bond acceptors (Lipinski definition) is 4. The van der Waals surface area contributed by atoms with Gasteiger partial charge in [0.1, 0.15) is 4.88 Å². The summed E-state index contributed by atoms with van der Waals surface area (Å²) in [4.78, 5) is 12.7. The van der Waals surface area contributed by atoms with Gasteiger partial charge in [0.05, 0.1) is 5.69 Å². The van der Waals surface area contributed by atoms with Gasteiger partial charge >= 0.3 is 0 Å². The zero-order valence-corrected chi connectivity index (χ0v) is 10.2. The lowest BCUT2D eigenvalue weighted by Gasteiger charge is -2.09. The average molecular weight is 247 g/mol. The molecular formula is C12H13N3OS. The number of thiophene rings is 1. The van der Waals surface area contributed by atoms with E-state index in [-0.39, 0.29) is 11.9 Å². The molecule has 3 rings (SSSR count). The van der Waals surface area contributed by atoms with Crippen molar-refractivity contribution in [3.63, 3.8) is 0 Å². The average Bonchev–Trinajstić information content (AvgIpc) is 2.57. The molecule has 0 spiro atoms. The van der Waals surface area contributed by atoms with Gasteiger partial charge in [-0.1, -0.05) is 0 Å². The fourth-order valence-electron chi connectivity index (χ4n) is 2.05. The maximum absolute atomic E-state index is 12.0. The van der Waals surface area contributed by atoms with E-state index >= 15 is 0 Å². The van der Waals surface area contributed by atoms with Crippen molar-refractivity contribution in [2.75, 3.05) is 17.6 Å². The Balaban J connectivity index is 2.24. The van der Waals surface area contributed by atoms with Crippen LogP contribution in [-0.4, -0.2) is 18.5 Å². The normalized spacial score (nSPS) is 19.4. The molecule has 1 amide bonds. The van der Waals surface area contributed by atoms with E-state index in [1.165, 1.54) is 11.3 Å². The highest BCUT2D eigenvalue weighted by Crippen LogP contribution is 2.37. The molecule has 4 N–H and O–H groups in total. The number of rotatable bonds is 0. The van der Waals surface area contributed by atoms with Gasteiger partial charge in [-0.2, -0.15) is 0 Å². The van der Waals surface area contributed by atoms with Gasteiger partial charge in [0, 0.05) is 28.4 Å². The third-order valence-corrected chi connectivity index (χ3v) is 4.05. The summed E-state index contributed by atoms with van der Waals surface area (Å²) >= 11 is 1.50. The van der Waals surface area contributed by atoms with Gasteiger partial charge in [-0.3, -0.25) is 4.79 Å². The van der Waals surface area contributed by atoms with Gasteiger partial charge in [-0.15, -0.1) is 11.3 Å². The lowest BCUT2D eigenvalue weighted by Crippen LogP contribution is -2.34. The Bertz CT molecular complexity index is 605. The molecule has 1 atom stereocenters. The van der Waals surface area contributed by atoms with Crippen LogP contribution in [0.1, 0.15) is 16.6 Å². The van der Waals surface area contributed by atoms with E-state index in [9.17, 15) is 4.79 Å². The molecule has 2 aromatic rings. The molecule has 0 fully saturated rings. The van der Waals surface area contributed by atoms with Gasteiger partial charge in [0.25, 0.3) is 5.91 Å². The predicted molar refractivity (Wildman–Crippen MR) is 71.7 cm³/mol. The number of carbonyl (C=O) groups excluding carboxylic acids is 1. The number of nitrogens with two attached hydrogens (primary N) is 1. The van der Waals surface area contributed by atoms with Crippen LogP contribution in [0.3, 0.4) is 0 Å². The van der Waals surface area contributed by atoms with E-state index in [0.29, 0.717) is 0 Å². The van der Waals surface area contributed by atoms with Crippen LogP contribution in [0.15, 0.2) is 18.2 Å². The SMILES string of the molecule is C[C@@H]1CNc2c(sc3ccc(N)cc23)C(=O)N1. The molecule has 0 unspecified atom stereocenters. The van der Waals surface area contributed by atoms with Crippen molar-refractivity contribution in [1.82, 2.24) is 5.32 Å². The number of benzene rings is 1. The van der Waals surface area contributed by atoms with Gasteiger partial charge in [-0.05, 0) is 25.1 Å². The summed E-state index contributed by atoms with van der Waals surface area (Å²) in [5.74, 6) is -0.00253. The van der Waals surface area contributed by atoms with E-state index in [1.807, 2.05) is 25.1 Å². The van der Waals surface area contributed by atoms with Crippen molar-refractivity contribution in [2.45, 2.75) is 13.0 Å². The molecule has 0 saturated heterocycles. The number of hydrogen-bond donors (Lipinski definition) is 3. The molecule has 0 radical (unpaired) electrons. The summed E-state index contributed by atoms with van der Waals surface area (Å²) in [6.45, 7) is 2.72. The molecule has 88 valence electrons. The Hall–Kier alpha value is -1.75. The second-order valence-corrected chi connectivity index (χ2v) is 5.37. The van der Waals surface area contributed by atoms with E-state index in [0.717, 1.165) is 32.9 Å². The van der Waals surface area contributed by atoms with Crippen LogP contribution in [0.25, 0.3) is 10.1 Å². The van der Waals surface area contributed by atoms with Crippen molar-refractivity contribution in [2.24, 2.45) is 0 Å². The Morgan fingerprint density at radius 3 is 3.12 bits per heavy atom. The lowest BCUT2D eigenvalue weighted by atomic mass is 10.2. The van der Waals surface area contributed by atoms with E-state index in [1.54, 1.807) is 0 Å². The first kappa shape index (κ1) is 10.4. The van der Waals surface area contributed by atoms with Crippen LogP contribution in [0.4, 0.5) is 11.4 Å². The summed E-state index contributed by atoms with van der Waals surface area (Å²) in [7, 11) is 0. The quantitative estimate of drug-likeness (QED) is 0.624. The van der Waals surface area contributed by atoms with Crippen molar-refractivity contribution < 1.29 is 4.79 Å². The zero-order valence-electron chi connectivity index (χ0n) is 9.41. The van der Waals surface area contributed by atoms with Crippen molar-refractivity contribution in [3.05, 3.63) is 23.1 Å². The molecule has 0 aliphatic carbocycles. The summed E-state index contributed by atoms with van der Waals surface area (Å²) in [6, 6.07) is 5.88. The molecule has 17 heavy (non-hydrogen) atoms. The largest absolute Gasteiger partial charge is 0.399 e. The molecule has 2 heterocycles. The monoisotopic (exact) mass is 247 g/mol. The first-order chi connectivity index (χ1) is 8.15. The molecule has 1 aliphatic heterocycles. The number of nitrogen functional groups attached to an aromatic ring is 1. The molecule has 1 aliphatic rings. The van der Waals surface area contributed by atoms with E-state index in [4.69, 9.17) is 5.73 Å². The number of carbonyl (C=O) groups is 1. The van der Waals surface area contributed by atoms with Crippen molar-refractivity contribution in [1.29, 1.82) is 0 Å². The second-order valence-electron chi connectivity index (χ2n) is 4.32. The summed E-state index contributed by atoms with van der Waals surface area (Å²) < 4.78 is 1.08. The minimum Gasteiger partial charge on any atom is -0.399 e. The summed E-state index contributed by atoms with van der Waals surface area (Å²) in [5.41, 5.74) is 7.43. The highest BCUT2D eigenvalue weighted by Gasteiger charge is 2.23. The standard InChI is InChI=1S/C12H13N3OS/c1-6-5-14-10-8-4-7(13)2-3-9(8)17-11(10)12(16)15-6/h2-4,6,14H,5,13H2,1H3,(H,15,16)/t6-/m1/s1. The molecule has 0 bridgehead atoms. The molecule has 0 saturated carbocycles. The smallest absolute Gasteiger partial charge is 0.263 e. The maximum atomic E-state index is 12.0. The van der Waals surface area contributed by atoms with Crippen LogP contribution in [0.5, 0.6) is 0 Å². The fraction of sp³-hybridized carbons (Fsp3) is 0.250. The van der Waals surface area contributed by atoms with Crippen LogP contribution in [-0.2, 0) is 0 Å². The minimum absolute atomic E-state index is 0.00253. The van der Waals surface area contributed by atoms with Crippen LogP contribution in [0.2, 0.25) is 0 Å². The lowest BCUT2D eigenvalue weighted by molar-refractivity contribution is 0.0949. The number of amides is 1. The topological polar surface area (TPSA) is 67.1 Å². The molecule has 1 aromatic carbocycles. The van der Waals surface area contributed by atoms with Crippen molar-refractivity contribution in [3.8, 4) is 0 Å². The highest BCUT2D eigenvalue weighted by atomic mass is 32.1. The van der Waals surface area contributed by atoms with Gasteiger partial charge < -0.3 is 16.4 Å². The first-order valence-electron chi connectivity index (χ1n) is 5.52. The number of fused-ring (bicyclic) bond motifs is 3. The fourth-order valence-corrected chi connectivity index (χ4v) is 3.11. The third-order valence-electron chi connectivity index (χ3n) is 2.88. The molecular weight excluding hydrogens is 234 g/mol. The highest BCUT2D eigenvalue weighted by molar-refractivity contribution is 7.21. The van der Waals surface area contributed by atoms with Crippen LogP contribution < -0.4 is 16.4 Å². The van der Waals surface area contributed by atoms with E-state index < -0.39 is 0 Å². The molecule has 5 heteroatoms. The predicted octanol–water partition coefficient (Wildman–Crippen LogP) is 2.03. The van der Waals surface area contributed by atoms with Crippen LogP contribution in [0, 0.1) is 0 Å². The Labute approximate surface area is 103 Å². The number of anilines is 2. The van der Waals surface area contributed by atoms with Crippen molar-refractivity contribution >= 4 is 38.7 Å². The van der Waals surface area contributed by atoms with Gasteiger partial charge in [0.2, 0.25) is 0 Å². The third kappa shape index (κ3) is 1.63. The van der Waals surface area contributed by atoms with Crippen LogP contribution >= 0.6 is 11.3 Å². The van der Waals surface area contributed by atoms with Gasteiger partial charge in [0.15, 0.2) is 0 Å². The van der Waals surface area contributed by atoms with Gasteiger partial charge in [-0.25, -0.2) is 0 Å². The Kier molecular flexibility index (Phi) is 2.22. The minimum atomic E-state index is -0.00253. The Morgan fingerprint density at radius 1 is 1.47 bits per heavy atom. The summed E-state index contributed by atoms with van der Waals surface area (Å²) in [5, 5.41) is 7.31.